The van der Waals surface area contributed by atoms with Gasteiger partial charge in [0.05, 0.1) is 5.69 Å². The van der Waals surface area contributed by atoms with Gasteiger partial charge in [0.1, 0.15) is 0 Å². The van der Waals surface area contributed by atoms with Crippen LogP contribution in [0, 0.1) is 5.92 Å². The van der Waals surface area contributed by atoms with Crippen molar-refractivity contribution in [2.24, 2.45) is 5.92 Å². The van der Waals surface area contributed by atoms with Crippen molar-refractivity contribution in [2.45, 2.75) is 57.4 Å². The molecule has 0 unspecified atom stereocenters. The van der Waals surface area contributed by atoms with Crippen molar-refractivity contribution in [2.75, 3.05) is 37.6 Å². The number of nitrogens with zero attached hydrogens (tertiary/aromatic N) is 4. The van der Waals surface area contributed by atoms with Crippen molar-refractivity contribution in [1.82, 2.24) is 14.8 Å². The first kappa shape index (κ1) is 21.3. The van der Waals surface area contributed by atoms with Crippen LogP contribution in [0.15, 0.2) is 12.7 Å². The largest absolute Gasteiger partial charge is 0.481 e. The highest BCUT2D eigenvalue weighted by atomic mass is 32.1. The summed E-state index contributed by atoms with van der Waals surface area (Å²) in [6.45, 7) is 8.24. The van der Waals surface area contributed by atoms with Crippen LogP contribution in [0.25, 0.3) is 0 Å². The number of carboxylic acid groups (broad SMARTS) is 1. The number of urea groups is 1. The van der Waals surface area contributed by atoms with Crippen molar-refractivity contribution in [3.05, 3.63) is 23.2 Å². The van der Waals surface area contributed by atoms with Gasteiger partial charge in [-0.25, -0.2) is 9.78 Å². The number of amides is 2. The van der Waals surface area contributed by atoms with Crippen LogP contribution in [-0.4, -0.2) is 70.7 Å². The van der Waals surface area contributed by atoms with E-state index in [1.54, 1.807) is 11.3 Å². The predicted molar refractivity (Wildman–Crippen MR) is 118 cm³/mol. The van der Waals surface area contributed by atoms with E-state index >= 15 is 0 Å². The van der Waals surface area contributed by atoms with E-state index in [0.29, 0.717) is 12.5 Å². The van der Waals surface area contributed by atoms with Gasteiger partial charge >= 0.3 is 12.0 Å². The SMILES string of the molecule is C=CCN1CCc2nc(N3CCN(C4CCC(CCC(=O)O)CC4)C3=O)sc2CC1. The van der Waals surface area contributed by atoms with E-state index in [9.17, 15) is 9.59 Å². The van der Waals surface area contributed by atoms with Crippen LogP contribution in [0.5, 0.6) is 0 Å². The Labute approximate surface area is 182 Å². The molecule has 1 aliphatic carbocycles. The minimum absolute atomic E-state index is 0.0983. The molecule has 0 aromatic carbocycles. The molecule has 3 aliphatic rings. The van der Waals surface area contributed by atoms with Gasteiger partial charge in [0.25, 0.3) is 0 Å². The van der Waals surface area contributed by atoms with Crippen LogP contribution in [0.1, 0.15) is 49.1 Å². The zero-order valence-electron chi connectivity index (χ0n) is 17.6. The van der Waals surface area contributed by atoms with Crippen molar-refractivity contribution in [1.29, 1.82) is 0 Å². The standard InChI is InChI=1S/C22H32N4O3S/c1-2-11-24-12-9-18-19(10-13-24)30-21(23-18)26-15-14-25(22(26)29)17-6-3-16(4-7-17)5-8-20(27)28/h2,16-17H,1,3-15H2,(H,27,28). The fourth-order valence-electron chi connectivity index (χ4n) is 5.02. The predicted octanol–water partition coefficient (Wildman–Crippen LogP) is 3.40. The minimum Gasteiger partial charge on any atom is -0.481 e. The number of anilines is 1. The molecule has 1 N–H and O–H groups in total. The lowest BCUT2D eigenvalue weighted by atomic mass is 9.83. The first-order chi connectivity index (χ1) is 14.5. The molecule has 164 valence electrons. The van der Waals surface area contributed by atoms with E-state index in [0.717, 1.165) is 82.0 Å². The molecule has 4 rings (SSSR count). The van der Waals surface area contributed by atoms with Crippen LogP contribution < -0.4 is 4.90 Å². The molecule has 1 aromatic rings. The first-order valence-corrected chi connectivity index (χ1v) is 12.0. The van der Waals surface area contributed by atoms with E-state index in [-0.39, 0.29) is 18.5 Å². The average molecular weight is 433 g/mol. The highest BCUT2D eigenvalue weighted by Gasteiger charge is 2.38. The van der Waals surface area contributed by atoms with Gasteiger partial charge in [0.15, 0.2) is 5.13 Å². The Hall–Kier alpha value is -1.93. The van der Waals surface area contributed by atoms with Gasteiger partial charge in [-0.3, -0.25) is 14.6 Å². The Morgan fingerprint density at radius 3 is 2.67 bits per heavy atom. The van der Waals surface area contributed by atoms with Crippen LogP contribution in [0.2, 0.25) is 0 Å². The lowest BCUT2D eigenvalue weighted by molar-refractivity contribution is -0.137. The topological polar surface area (TPSA) is 77.0 Å². The fourth-order valence-corrected chi connectivity index (χ4v) is 6.13. The summed E-state index contributed by atoms with van der Waals surface area (Å²) in [6, 6.07) is 0.384. The van der Waals surface area contributed by atoms with Crippen molar-refractivity contribution < 1.29 is 14.7 Å². The quantitative estimate of drug-likeness (QED) is 0.669. The number of hydrogen-bond donors (Lipinski definition) is 1. The molecule has 1 aromatic heterocycles. The van der Waals surface area contributed by atoms with Gasteiger partial charge in [-0.2, -0.15) is 0 Å². The molecule has 0 radical (unpaired) electrons. The zero-order chi connectivity index (χ0) is 21.1. The molecule has 0 bridgehead atoms. The second-order valence-corrected chi connectivity index (χ2v) is 9.75. The number of aliphatic carboxylic acids is 1. The second-order valence-electron chi connectivity index (χ2n) is 8.69. The summed E-state index contributed by atoms with van der Waals surface area (Å²) in [5, 5.41) is 9.75. The smallest absolute Gasteiger partial charge is 0.326 e. The molecule has 3 heterocycles. The number of carboxylic acids is 1. The van der Waals surface area contributed by atoms with E-state index in [2.05, 4.69) is 11.5 Å². The third kappa shape index (κ3) is 4.70. The number of rotatable bonds is 7. The van der Waals surface area contributed by atoms with Gasteiger partial charge in [0.2, 0.25) is 0 Å². The molecule has 0 atom stereocenters. The van der Waals surface area contributed by atoms with Crippen LogP contribution in [0.3, 0.4) is 0 Å². The monoisotopic (exact) mass is 432 g/mol. The molecule has 2 amide bonds. The van der Waals surface area contributed by atoms with Crippen molar-refractivity contribution in [3.8, 4) is 0 Å². The van der Waals surface area contributed by atoms with Crippen LogP contribution >= 0.6 is 11.3 Å². The molecule has 2 aliphatic heterocycles. The lowest BCUT2D eigenvalue weighted by Crippen LogP contribution is -2.41. The molecule has 1 saturated heterocycles. The summed E-state index contributed by atoms with van der Waals surface area (Å²) < 4.78 is 0. The number of hydrogen-bond acceptors (Lipinski definition) is 5. The Kier molecular flexibility index (Phi) is 6.73. The highest BCUT2D eigenvalue weighted by molar-refractivity contribution is 7.16. The van der Waals surface area contributed by atoms with Gasteiger partial charge in [-0.15, -0.1) is 17.9 Å². The molecular weight excluding hydrogens is 400 g/mol. The maximum absolute atomic E-state index is 13.1. The maximum Gasteiger partial charge on any atom is 0.326 e. The minimum atomic E-state index is -0.710. The Morgan fingerprint density at radius 2 is 1.93 bits per heavy atom. The third-order valence-electron chi connectivity index (χ3n) is 6.77. The molecule has 1 saturated carbocycles. The summed E-state index contributed by atoms with van der Waals surface area (Å²) in [6.07, 6.45) is 8.91. The molecule has 7 nitrogen and oxygen atoms in total. The molecular formula is C22H32N4O3S. The van der Waals surface area contributed by atoms with Crippen LogP contribution in [0.4, 0.5) is 9.93 Å². The maximum atomic E-state index is 13.1. The van der Waals surface area contributed by atoms with E-state index in [1.165, 1.54) is 4.88 Å². The molecule has 30 heavy (non-hydrogen) atoms. The van der Waals surface area contributed by atoms with Gasteiger partial charge in [-0.05, 0) is 44.4 Å². The summed E-state index contributed by atoms with van der Waals surface area (Å²) in [4.78, 5) is 36.4. The Morgan fingerprint density at radius 1 is 1.17 bits per heavy atom. The second kappa shape index (κ2) is 9.47. The molecule has 8 heteroatoms. The zero-order valence-corrected chi connectivity index (χ0v) is 18.4. The van der Waals surface area contributed by atoms with Crippen LogP contribution in [-0.2, 0) is 17.6 Å². The third-order valence-corrected chi connectivity index (χ3v) is 7.95. The summed E-state index contributed by atoms with van der Waals surface area (Å²) >= 11 is 1.69. The number of carbonyl (C=O) groups excluding carboxylic acids is 1. The average Bonchev–Trinajstić information content (AvgIpc) is 3.27. The van der Waals surface area contributed by atoms with E-state index in [4.69, 9.17) is 10.1 Å². The number of aromatic nitrogens is 1. The highest BCUT2D eigenvalue weighted by Crippen LogP contribution is 2.35. The van der Waals surface area contributed by atoms with E-state index in [1.807, 2.05) is 15.9 Å². The Balaban J connectivity index is 1.33. The van der Waals surface area contributed by atoms with Gasteiger partial charge < -0.3 is 10.0 Å². The number of thiazole rings is 1. The first-order valence-electron chi connectivity index (χ1n) is 11.2. The van der Waals surface area contributed by atoms with Crippen molar-refractivity contribution >= 4 is 28.5 Å². The summed E-state index contributed by atoms with van der Waals surface area (Å²) in [7, 11) is 0. The molecule has 2 fully saturated rings. The van der Waals surface area contributed by atoms with E-state index < -0.39 is 5.97 Å². The van der Waals surface area contributed by atoms with Crippen molar-refractivity contribution in [3.63, 3.8) is 0 Å². The summed E-state index contributed by atoms with van der Waals surface area (Å²) in [5.74, 6) is -0.223. The molecule has 0 spiro atoms. The lowest BCUT2D eigenvalue weighted by Gasteiger charge is -2.34. The summed E-state index contributed by atoms with van der Waals surface area (Å²) in [5.41, 5.74) is 1.16. The number of fused-ring (bicyclic) bond motifs is 1. The van der Waals surface area contributed by atoms with Gasteiger partial charge in [0, 0.05) is 56.5 Å². The Bertz CT molecular complexity index is 762. The fraction of sp³-hybridized carbons (Fsp3) is 0.682. The number of carbonyl (C=O) groups is 2. The van der Waals surface area contributed by atoms with Gasteiger partial charge in [-0.1, -0.05) is 6.08 Å². The normalized spacial score (nSPS) is 25.3.